The van der Waals surface area contributed by atoms with Crippen LogP contribution in [0, 0.1) is 0 Å². The highest BCUT2D eigenvalue weighted by Crippen LogP contribution is 2.44. The Balaban J connectivity index is 1.46. The number of nitrogens with zero attached hydrogens (tertiary/aromatic N) is 2. The smallest absolute Gasteiger partial charge is 0.272 e. The maximum atomic E-state index is 13.5. The zero-order valence-electron chi connectivity index (χ0n) is 23.8. The van der Waals surface area contributed by atoms with Crippen molar-refractivity contribution in [3.63, 3.8) is 0 Å². The molecule has 0 aromatic heterocycles. The van der Waals surface area contributed by atoms with Gasteiger partial charge in [0.25, 0.3) is 11.8 Å². The van der Waals surface area contributed by atoms with E-state index in [1.807, 2.05) is 27.7 Å². The van der Waals surface area contributed by atoms with Crippen molar-refractivity contribution < 1.29 is 19.2 Å². The molecule has 42 heavy (non-hydrogen) atoms. The molecule has 2 fully saturated rings. The van der Waals surface area contributed by atoms with Gasteiger partial charge in [-0.05, 0) is 62.1 Å². The number of carbonyl (C=O) groups is 4. The van der Waals surface area contributed by atoms with Crippen molar-refractivity contribution >= 4 is 91.6 Å². The van der Waals surface area contributed by atoms with Gasteiger partial charge in [-0.15, -0.1) is 0 Å². The van der Waals surface area contributed by atoms with E-state index >= 15 is 0 Å². The molecule has 2 heterocycles. The minimum absolute atomic E-state index is 0.0634. The Labute approximate surface area is 265 Å². The first kappa shape index (κ1) is 31.9. The molecule has 2 aromatic carbocycles. The third-order valence-corrected chi connectivity index (χ3v) is 9.78. The van der Waals surface area contributed by atoms with E-state index in [2.05, 4.69) is 10.6 Å². The molecule has 0 radical (unpaired) electrons. The molecule has 0 bridgehead atoms. The molecule has 0 spiro atoms. The summed E-state index contributed by atoms with van der Waals surface area (Å²) in [5, 5.41) is 5.88. The summed E-state index contributed by atoms with van der Waals surface area (Å²) in [6.07, 6.45) is 2.17. The first-order valence-corrected chi connectivity index (χ1v) is 16.1. The third kappa shape index (κ3) is 7.28. The van der Waals surface area contributed by atoms with Crippen LogP contribution in [0.25, 0.3) is 0 Å². The molecule has 2 aromatic rings. The maximum absolute atomic E-state index is 13.5. The van der Waals surface area contributed by atoms with Gasteiger partial charge < -0.3 is 10.6 Å². The fourth-order valence-electron chi connectivity index (χ4n) is 4.21. The normalized spacial score (nSPS) is 18.5. The fourth-order valence-corrected chi connectivity index (χ4v) is 6.96. The first-order chi connectivity index (χ1) is 20.0. The molecule has 0 saturated carbocycles. The highest BCUT2D eigenvalue weighted by Gasteiger charge is 2.43. The molecule has 4 rings (SSSR count). The summed E-state index contributed by atoms with van der Waals surface area (Å²) in [6, 6.07) is 14.4. The molecule has 8 nitrogen and oxygen atoms in total. The van der Waals surface area contributed by atoms with Crippen LogP contribution in [0.5, 0.6) is 0 Å². The van der Waals surface area contributed by atoms with Gasteiger partial charge in [-0.2, -0.15) is 0 Å². The standard InChI is InChI=1S/C30H32N4O4S4/c1-5-17(3)31-23(35)15-19-7-11-21(12-8-19)33-27(37)25(41-29(33)39)26-28(38)34(30(40)42-26)22-13-9-20(10-14-22)16-24(36)32-18(4)6-2/h7-14,17-18H,5-6,15-16H2,1-4H3,(H,31,35)(H,32,36)/b26-25+. The second kappa shape index (κ2) is 13.9. The van der Waals surface area contributed by atoms with Crippen LogP contribution in [0.2, 0.25) is 0 Å². The molecule has 2 aliphatic rings. The maximum Gasteiger partial charge on any atom is 0.272 e. The van der Waals surface area contributed by atoms with Crippen molar-refractivity contribution in [3.05, 3.63) is 69.5 Å². The number of anilines is 2. The van der Waals surface area contributed by atoms with Gasteiger partial charge in [0.05, 0.1) is 34.0 Å². The lowest BCUT2D eigenvalue weighted by molar-refractivity contribution is -0.121. The molecule has 2 unspecified atom stereocenters. The molecule has 4 amide bonds. The number of thioether (sulfide) groups is 2. The highest BCUT2D eigenvalue weighted by atomic mass is 32.2. The Morgan fingerprint density at radius 1 is 0.690 bits per heavy atom. The Kier molecular flexibility index (Phi) is 10.6. The Morgan fingerprint density at radius 2 is 1.02 bits per heavy atom. The lowest BCUT2D eigenvalue weighted by Crippen LogP contribution is -2.33. The molecule has 0 aliphatic carbocycles. The van der Waals surface area contributed by atoms with E-state index < -0.39 is 11.8 Å². The molecule has 2 saturated heterocycles. The van der Waals surface area contributed by atoms with Gasteiger partial charge >= 0.3 is 0 Å². The van der Waals surface area contributed by atoms with E-state index in [4.69, 9.17) is 24.4 Å². The molecule has 220 valence electrons. The lowest BCUT2D eigenvalue weighted by Gasteiger charge is -2.16. The number of carbonyl (C=O) groups excluding carboxylic acids is 4. The molecule has 2 N–H and O–H groups in total. The summed E-state index contributed by atoms with van der Waals surface area (Å²) in [7, 11) is 0. The number of hydrogen-bond donors (Lipinski definition) is 2. The molecule has 2 atom stereocenters. The number of benzene rings is 2. The van der Waals surface area contributed by atoms with Gasteiger partial charge in [-0.25, -0.2) is 0 Å². The van der Waals surface area contributed by atoms with Gasteiger partial charge in [-0.3, -0.25) is 29.0 Å². The van der Waals surface area contributed by atoms with E-state index in [9.17, 15) is 19.2 Å². The zero-order chi connectivity index (χ0) is 30.6. The van der Waals surface area contributed by atoms with Crippen LogP contribution in [0.1, 0.15) is 51.7 Å². The summed E-state index contributed by atoms with van der Waals surface area (Å²) in [6.45, 7) is 7.93. The van der Waals surface area contributed by atoms with Crippen LogP contribution in [-0.2, 0) is 32.0 Å². The summed E-state index contributed by atoms with van der Waals surface area (Å²) >= 11 is 13.2. The van der Waals surface area contributed by atoms with Crippen molar-refractivity contribution in [2.24, 2.45) is 0 Å². The van der Waals surface area contributed by atoms with Crippen molar-refractivity contribution in [3.8, 4) is 0 Å². The number of nitrogens with one attached hydrogen (secondary N) is 2. The van der Waals surface area contributed by atoms with Crippen molar-refractivity contribution in [1.82, 2.24) is 10.6 Å². The summed E-state index contributed by atoms with van der Waals surface area (Å²) in [4.78, 5) is 54.7. The summed E-state index contributed by atoms with van der Waals surface area (Å²) < 4.78 is 0.616. The second-order valence-corrected chi connectivity index (χ2v) is 13.4. The second-order valence-electron chi connectivity index (χ2n) is 10.1. The van der Waals surface area contributed by atoms with Crippen molar-refractivity contribution in [2.45, 2.75) is 65.5 Å². The minimum Gasteiger partial charge on any atom is -0.353 e. The number of thiocarbonyl (C=S) groups is 2. The van der Waals surface area contributed by atoms with Crippen LogP contribution in [0.4, 0.5) is 11.4 Å². The highest BCUT2D eigenvalue weighted by molar-refractivity contribution is 8.30. The van der Waals surface area contributed by atoms with Crippen molar-refractivity contribution in [2.75, 3.05) is 9.80 Å². The predicted octanol–water partition coefficient (Wildman–Crippen LogP) is 5.24. The van der Waals surface area contributed by atoms with Gasteiger partial charge in [0, 0.05) is 12.1 Å². The van der Waals surface area contributed by atoms with E-state index in [0.29, 0.717) is 20.0 Å². The number of rotatable bonds is 10. The summed E-state index contributed by atoms with van der Waals surface area (Å²) in [5.74, 6) is -0.913. The Bertz CT molecular complexity index is 1350. The van der Waals surface area contributed by atoms with E-state index in [-0.39, 0.29) is 46.5 Å². The third-order valence-electron chi connectivity index (χ3n) is 6.90. The molecular weight excluding hydrogens is 609 g/mol. The van der Waals surface area contributed by atoms with Crippen LogP contribution >= 0.6 is 48.0 Å². The molecule has 2 aliphatic heterocycles. The fraction of sp³-hybridized carbons (Fsp3) is 0.333. The van der Waals surface area contributed by atoms with Crippen molar-refractivity contribution in [1.29, 1.82) is 0 Å². The average Bonchev–Trinajstić information content (AvgIpc) is 3.42. The molecular formula is C30H32N4O4S4. The van der Waals surface area contributed by atoms with E-state index in [1.165, 1.54) is 9.80 Å². The average molecular weight is 641 g/mol. The largest absolute Gasteiger partial charge is 0.353 e. The first-order valence-electron chi connectivity index (χ1n) is 13.7. The number of hydrogen-bond acceptors (Lipinski definition) is 8. The van der Waals surface area contributed by atoms with E-state index in [1.54, 1.807) is 48.5 Å². The van der Waals surface area contributed by atoms with Gasteiger partial charge in [-0.1, -0.05) is 86.1 Å². The van der Waals surface area contributed by atoms with Crippen LogP contribution in [0.15, 0.2) is 58.3 Å². The van der Waals surface area contributed by atoms with Gasteiger partial charge in [0.1, 0.15) is 0 Å². The Morgan fingerprint density at radius 3 is 1.33 bits per heavy atom. The summed E-state index contributed by atoms with van der Waals surface area (Å²) in [5.41, 5.74) is 2.74. The van der Waals surface area contributed by atoms with Gasteiger partial charge in [0.2, 0.25) is 11.8 Å². The predicted molar refractivity (Wildman–Crippen MR) is 178 cm³/mol. The lowest BCUT2D eigenvalue weighted by atomic mass is 10.1. The molecule has 12 heteroatoms. The van der Waals surface area contributed by atoms with Crippen LogP contribution < -0.4 is 20.4 Å². The topological polar surface area (TPSA) is 98.8 Å². The number of amides is 4. The Hall–Kier alpha value is -3.06. The SMILES string of the molecule is CCC(C)NC(=O)Cc1ccc(N2C(=O)/C(=C3\SC(=S)N(c4ccc(CC(=O)NC(C)CC)cc4)C3=O)SC2=S)cc1. The van der Waals surface area contributed by atoms with Gasteiger partial charge in [0.15, 0.2) is 8.64 Å². The monoisotopic (exact) mass is 640 g/mol. The van der Waals surface area contributed by atoms with Crippen LogP contribution in [-0.4, -0.2) is 44.4 Å². The minimum atomic E-state index is -0.393. The van der Waals surface area contributed by atoms with E-state index in [0.717, 1.165) is 47.5 Å². The van der Waals surface area contributed by atoms with Crippen LogP contribution in [0.3, 0.4) is 0 Å². The quantitative estimate of drug-likeness (QED) is 0.269. The zero-order valence-corrected chi connectivity index (χ0v) is 27.0.